The van der Waals surface area contributed by atoms with Crippen LogP contribution in [0.25, 0.3) is 33.1 Å². The van der Waals surface area contributed by atoms with Crippen LogP contribution >= 0.6 is 11.8 Å². The third-order valence-corrected chi connectivity index (χ3v) is 20.2. The molecule has 1 unspecified atom stereocenters. The fraction of sp³-hybridized carbons (Fsp3) is 0.231. The van der Waals surface area contributed by atoms with Gasteiger partial charge in [0.2, 0.25) is 0 Å². The molecule has 416 valence electrons. The second kappa shape index (κ2) is 20.8. The third-order valence-electron chi connectivity index (χ3n) is 17.1. The summed E-state index contributed by atoms with van der Waals surface area (Å²) < 4.78 is 7.48. The average molecular weight is 1120 g/mol. The monoisotopic (exact) mass is 1120 g/mol. The van der Waals surface area contributed by atoms with Crippen molar-refractivity contribution in [2.45, 2.75) is 127 Å². The summed E-state index contributed by atoms with van der Waals surface area (Å²) in [6.07, 6.45) is 0. The van der Waals surface area contributed by atoms with Gasteiger partial charge in [-0.3, -0.25) is 0 Å². The molecule has 0 aliphatic heterocycles. The Bertz CT molecular complexity index is 4200. The minimum atomic E-state index is -1.73. The van der Waals surface area contributed by atoms with E-state index in [0.717, 1.165) is 67.2 Å². The third kappa shape index (κ3) is 10.2. The van der Waals surface area contributed by atoms with E-state index in [1.807, 2.05) is 11.8 Å². The van der Waals surface area contributed by atoms with Gasteiger partial charge in [-0.05, 0) is 183 Å². The van der Waals surface area contributed by atoms with Crippen LogP contribution in [0.4, 0.5) is 34.1 Å². The highest BCUT2D eigenvalue weighted by atomic mass is 32.2. The highest BCUT2D eigenvalue weighted by molar-refractivity contribution is 7.99. The molecule has 0 saturated carbocycles. The SMILES string of the molecule is Cc1cccc(N(c2ccc(C(C)(C)C)cc2)c2ccc3c(c2)C(c2ccc(Sc4ccc(C(C)(C)C)cc4)cc2)(c2ccc([Si](C)(C)C)cc2)c2cc(N(c4ccc(C(C)(C)C)cc4)c4cccc(C)c4)c4c(oc5ccccc54)c2-3)c1. The Morgan fingerprint density at radius 1 is 0.422 bits per heavy atom. The molecular formula is C78H78N2OSSi. The Labute approximate surface area is 499 Å². The first kappa shape index (κ1) is 55.7. The molecular weight excluding hydrogens is 1040 g/mol. The summed E-state index contributed by atoms with van der Waals surface area (Å²) >= 11 is 1.82. The zero-order chi connectivity index (χ0) is 58.4. The van der Waals surface area contributed by atoms with Crippen molar-refractivity contribution in [2.75, 3.05) is 9.80 Å². The van der Waals surface area contributed by atoms with Crippen LogP contribution in [0, 0.1) is 13.8 Å². The van der Waals surface area contributed by atoms with Crippen molar-refractivity contribution in [3.8, 4) is 11.1 Å². The van der Waals surface area contributed by atoms with Crippen LogP contribution in [0.5, 0.6) is 0 Å². The second-order valence-electron chi connectivity index (χ2n) is 27.3. The summed E-state index contributed by atoms with van der Waals surface area (Å²) in [5.41, 5.74) is 20.9. The molecule has 1 aliphatic rings. The van der Waals surface area contributed by atoms with Gasteiger partial charge in [-0.15, -0.1) is 0 Å². The van der Waals surface area contributed by atoms with Gasteiger partial charge >= 0.3 is 0 Å². The first-order chi connectivity index (χ1) is 39.5. The molecule has 5 heteroatoms. The summed E-state index contributed by atoms with van der Waals surface area (Å²) in [4.78, 5) is 7.35. The smallest absolute Gasteiger partial charge is 0.145 e. The summed E-state index contributed by atoms with van der Waals surface area (Å²) in [5.74, 6) is 0. The molecule has 1 aliphatic carbocycles. The number of furan rings is 1. The summed E-state index contributed by atoms with van der Waals surface area (Å²) in [5, 5.41) is 3.60. The maximum absolute atomic E-state index is 7.48. The number of rotatable bonds is 11. The van der Waals surface area contributed by atoms with Crippen LogP contribution in [0.15, 0.2) is 233 Å². The van der Waals surface area contributed by atoms with Gasteiger partial charge in [0, 0.05) is 49.2 Å². The number of fused-ring (bicyclic) bond motifs is 7. The summed E-state index contributed by atoms with van der Waals surface area (Å²) in [6, 6.07) is 83.3. The van der Waals surface area contributed by atoms with Crippen LogP contribution < -0.4 is 15.0 Å². The van der Waals surface area contributed by atoms with E-state index in [0.29, 0.717) is 0 Å². The maximum Gasteiger partial charge on any atom is 0.145 e. The zero-order valence-electron chi connectivity index (χ0n) is 51.0. The highest BCUT2D eigenvalue weighted by Crippen LogP contribution is 2.62. The highest BCUT2D eigenvalue weighted by Gasteiger charge is 2.49. The van der Waals surface area contributed by atoms with Crippen LogP contribution in [-0.4, -0.2) is 8.07 Å². The molecule has 0 radical (unpaired) electrons. The molecule has 11 aromatic rings. The average Bonchev–Trinajstić information content (AvgIpc) is 1.61. The largest absolute Gasteiger partial charge is 0.455 e. The lowest BCUT2D eigenvalue weighted by molar-refractivity contribution is 0.589. The van der Waals surface area contributed by atoms with E-state index in [-0.39, 0.29) is 16.2 Å². The number of nitrogens with zero attached hydrogens (tertiary/aromatic N) is 2. The maximum atomic E-state index is 7.48. The Morgan fingerprint density at radius 3 is 1.40 bits per heavy atom. The van der Waals surface area contributed by atoms with E-state index < -0.39 is 13.5 Å². The van der Waals surface area contributed by atoms with Gasteiger partial charge in [0.15, 0.2) is 0 Å². The first-order valence-electron chi connectivity index (χ1n) is 29.6. The number of aryl methyl sites for hydroxylation is 2. The first-order valence-corrected chi connectivity index (χ1v) is 33.9. The van der Waals surface area contributed by atoms with Gasteiger partial charge in [-0.25, -0.2) is 0 Å². The van der Waals surface area contributed by atoms with Crippen LogP contribution in [0.2, 0.25) is 19.6 Å². The van der Waals surface area contributed by atoms with Crippen molar-refractivity contribution in [3.63, 3.8) is 0 Å². The quantitative estimate of drug-likeness (QED) is 0.120. The minimum Gasteiger partial charge on any atom is -0.455 e. The molecule has 12 rings (SSSR count). The number of benzene rings is 10. The molecule has 0 fully saturated rings. The Balaban J connectivity index is 1.19. The predicted molar refractivity (Wildman–Crippen MR) is 360 cm³/mol. The zero-order valence-corrected chi connectivity index (χ0v) is 52.8. The molecule has 0 spiro atoms. The number of anilines is 6. The lowest BCUT2D eigenvalue weighted by Gasteiger charge is -2.36. The molecule has 0 N–H and O–H groups in total. The summed E-state index contributed by atoms with van der Waals surface area (Å²) in [7, 11) is -1.73. The van der Waals surface area contributed by atoms with Crippen molar-refractivity contribution in [2.24, 2.45) is 0 Å². The molecule has 3 nitrogen and oxygen atoms in total. The van der Waals surface area contributed by atoms with Crippen molar-refractivity contribution in [1.29, 1.82) is 0 Å². The van der Waals surface area contributed by atoms with Crippen molar-refractivity contribution < 1.29 is 4.42 Å². The fourth-order valence-corrected chi connectivity index (χ4v) is 14.5. The molecule has 0 amide bonds. The molecule has 83 heavy (non-hydrogen) atoms. The van der Waals surface area contributed by atoms with Crippen molar-refractivity contribution in [1.82, 2.24) is 0 Å². The Morgan fingerprint density at radius 2 is 0.880 bits per heavy atom. The number of para-hydroxylation sites is 1. The van der Waals surface area contributed by atoms with E-state index in [4.69, 9.17) is 4.42 Å². The molecule has 0 bridgehead atoms. The van der Waals surface area contributed by atoms with Gasteiger partial charge in [0.25, 0.3) is 0 Å². The standard InChI is InChI=1S/C78H78N2OSSi/c1-51-19-17-21-60(47-51)79(58-35-25-53(26-36-58)75(3,4)5)62-39-46-66-68(49-62)78(57-33-44-65(45-34-57)83(12,13)14,56-31-42-64(43-32-56)82-63-40-29-55(30-41-63)77(9,10)11)69-50-70(73-67-23-15-16-24-71(67)81-74(73)72(66)69)80(61-22-18-20-52(2)48-61)59-37-27-54(28-38-59)76(6,7)8/h15-50H,1-14H3. The molecule has 1 aromatic heterocycles. The minimum absolute atomic E-state index is 0.00719. The lowest BCUT2D eigenvalue weighted by atomic mass is 9.67. The Hall–Kier alpha value is -7.83. The van der Waals surface area contributed by atoms with Crippen molar-refractivity contribution in [3.05, 3.63) is 268 Å². The normalized spacial score (nSPS) is 14.5. The van der Waals surface area contributed by atoms with E-state index >= 15 is 0 Å². The number of hydrogen-bond acceptors (Lipinski definition) is 4. The fourth-order valence-electron chi connectivity index (χ4n) is 12.5. The van der Waals surface area contributed by atoms with Gasteiger partial charge in [0.1, 0.15) is 11.2 Å². The van der Waals surface area contributed by atoms with Crippen LogP contribution in [0.1, 0.15) is 112 Å². The topological polar surface area (TPSA) is 19.6 Å². The van der Waals surface area contributed by atoms with E-state index in [1.54, 1.807) is 0 Å². The van der Waals surface area contributed by atoms with Gasteiger partial charge in [0.05, 0.1) is 24.6 Å². The van der Waals surface area contributed by atoms with Gasteiger partial charge < -0.3 is 14.2 Å². The van der Waals surface area contributed by atoms with E-state index in [1.165, 1.54) is 65.0 Å². The predicted octanol–water partition coefficient (Wildman–Crippen LogP) is 22.1. The van der Waals surface area contributed by atoms with E-state index in [9.17, 15) is 0 Å². The van der Waals surface area contributed by atoms with Crippen LogP contribution in [0.3, 0.4) is 0 Å². The second-order valence-corrected chi connectivity index (χ2v) is 33.5. The summed E-state index contributed by atoms with van der Waals surface area (Å²) in [6.45, 7) is 32.3. The lowest BCUT2D eigenvalue weighted by Crippen LogP contribution is -2.38. The molecule has 1 atom stereocenters. The van der Waals surface area contributed by atoms with Crippen molar-refractivity contribution >= 4 is 81.1 Å². The molecule has 10 aromatic carbocycles. The molecule has 0 saturated heterocycles. The van der Waals surface area contributed by atoms with Gasteiger partial charge in [-0.1, -0.05) is 220 Å². The van der Waals surface area contributed by atoms with E-state index in [2.05, 4.69) is 324 Å². The number of hydrogen-bond donors (Lipinski definition) is 0. The Kier molecular flexibility index (Phi) is 14.0. The van der Waals surface area contributed by atoms with Gasteiger partial charge in [-0.2, -0.15) is 0 Å². The van der Waals surface area contributed by atoms with Crippen LogP contribution in [-0.2, 0) is 21.7 Å². The molecule has 1 heterocycles.